The predicted molar refractivity (Wildman–Crippen MR) is 60.3 cm³/mol. The van der Waals surface area contributed by atoms with E-state index in [1.165, 1.54) is 0 Å². The van der Waals surface area contributed by atoms with Gasteiger partial charge in [-0.2, -0.15) is 5.10 Å². The number of aromatic nitrogens is 3. The molecule has 4 heteroatoms. The van der Waals surface area contributed by atoms with Gasteiger partial charge in [0.2, 0.25) is 0 Å². The highest BCUT2D eigenvalue weighted by Gasteiger charge is 2.07. The first-order chi connectivity index (χ1) is 7.22. The van der Waals surface area contributed by atoms with Crippen molar-refractivity contribution >= 4 is 5.69 Å². The minimum atomic E-state index is 0.730. The molecule has 4 nitrogen and oxygen atoms in total. The summed E-state index contributed by atoms with van der Waals surface area (Å²) < 4.78 is 1.86. The number of hydrogen-bond donors (Lipinski definition) is 1. The molecule has 2 aromatic rings. The number of nitrogen functional groups attached to an aromatic ring is 1. The van der Waals surface area contributed by atoms with Crippen molar-refractivity contribution < 1.29 is 0 Å². The predicted octanol–water partition coefficient (Wildman–Crippen LogP) is 1.86. The Labute approximate surface area is 88.8 Å². The highest BCUT2D eigenvalue weighted by Crippen LogP contribution is 2.24. The largest absolute Gasteiger partial charge is 0.397 e. The second kappa shape index (κ2) is 3.73. The third kappa shape index (κ3) is 1.70. The molecule has 0 aliphatic heterocycles. The van der Waals surface area contributed by atoms with Crippen LogP contribution < -0.4 is 5.73 Å². The average molecular weight is 202 g/mol. The van der Waals surface area contributed by atoms with Gasteiger partial charge in [-0.15, -0.1) is 0 Å². The van der Waals surface area contributed by atoms with Gasteiger partial charge >= 0.3 is 0 Å². The zero-order chi connectivity index (χ0) is 10.8. The molecule has 0 atom stereocenters. The summed E-state index contributed by atoms with van der Waals surface area (Å²) in [5.74, 6) is 0. The number of pyridine rings is 1. The number of nitrogens with two attached hydrogens (primary N) is 1. The van der Waals surface area contributed by atoms with Crippen LogP contribution in [0, 0.1) is 6.92 Å². The van der Waals surface area contributed by atoms with E-state index in [4.69, 9.17) is 5.73 Å². The Morgan fingerprint density at radius 1 is 1.47 bits per heavy atom. The van der Waals surface area contributed by atoms with Crippen molar-refractivity contribution in [3.05, 3.63) is 30.2 Å². The highest BCUT2D eigenvalue weighted by molar-refractivity contribution is 5.73. The first kappa shape index (κ1) is 9.71. The molecular formula is C11H14N4. The molecule has 0 unspecified atom stereocenters. The molecule has 0 aromatic carbocycles. The highest BCUT2D eigenvalue weighted by atomic mass is 15.3. The number of hydrogen-bond acceptors (Lipinski definition) is 3. The zero-order valence-corrected chi connectivity index (χ0v) is 8.94. The summed E-state index contributed by atoms with van der Waals surface area (Å²) in [6, 6.07) is 1.91. The lowest BCUT2D eigenvalue weighted by Gasteiger charge is -2.04. The lowest BCUT2D eigenvalue weighted by atomic mass is 10.1. The smallest absolute Gasteiger partial charge is 0.0965 e. The molecule has 2 N–H and O–H groups in total. The summed E-state index contributed by atoms with van der Waals surface area (Å²) in [6.07, 6.45) is 5.52. The van der Waals surface area contributed by atoms with Gasteiger partial charge in [0.15, 0.2) is 0 Å². The van der Waals surface area contributed by atoms with Crippen LogP contribution in [0.4, 0.5) is 5.69 Å². The van der Waals surface area contributed by atoms with Gasteiger partial charge in [-0.05, 0) is 25.5 Å². The Morgan fingerprint density at radius 2 is 2.27 bits per heavy atom. The first-order valence-electron chi connectivity index (χ1n) is 4.96. The monoisotopic (exact) mass is 202 g/mol. The molecule has 0 amide bonds. The molecule has 0 radical (unpaired) electrons. The van der Waals surface area contributed by atoms with Crippen LogP contribution in [0.25, 0.3) is 11.3 Å². The summed E-state index contributed by atoms with van der Waals surface area (Å²) in [6.45, 7) is 4.88. The minimum absolute atomic E-state index is 0.730. The van der Waals surface area contributed by atoms with E-state index >= 15 is 0 Å². The van der Waals surface area contributed by atoms with E-state index < -0.39 is 0 Å². The molecule has 0 saturated heterocycles. The topological polar surface area (TPSA) is 56.7 Å². The number of aryl methyl sites for hydroxylation is 2. The summed E-state index contributed by atoms with van der Waals surface area (Å²) in [7, 11) is 0. The maximum absolute atomic E-state index is 5.97. The summed E-state index contributed by atoms with van der Waals surface area (Å²) in [5, 5.41) is 4.20. The molecule has 2 heterocycles. The number of rotatable bonds is 2. The van der Waals surface area contributed by atoms with Crippen LogP contribution in [-0.2, 0) is 6.54 Å². The quantitative estimate of drug-likeness (QED) is 0.808. The maximum atomic E-state index is 5.97. The molecule has 0 fully saturated rings. The molecule has 15 heavy (non-hydrogen) atoms. The van der Waals surface area contributed by atoms with Crippen LogP contribution in [0.3, 0.4) is 0 Å². The van der Waals surface area contributed by atoms with Crippen LogP contribution in [-0.4, -0.2) is 14.8 Å². The van der Waals surface area contributed by atoms with Crippen molar-refractivity contribution in [1.82, 2.24) is 14.8 Å². The molecule has 2 rings (SSSR count). The third-order valence-corrected chi connectivity index (χ3v) is 2.44. The second-order valence-corrected chi connectivity index (χ2v) is 3.47. The van der Waals surface area contributed by atoms with E-state index in [9.17, 15) is 0 Å². The SMILES string of the molecule is CCn1cc(-c2nccc(C)c2N)cn1. The van der Waals surface area contributed by atoms with E-state index in [1.54, 1.807) is 12.4 Å². The van der Waals surface area contributed by atoms with Crippen LogP contribution in [0.5, 0.6) is 0 Å². The number of nitrogens with zero attached hydrogens (tertiary/aromatic N) is 3. The fourth-order valence-electron chi connectivity index (χ4n) is 1.46. The van der Waals surface area contributed by atoms with Gasteiger partial charge in [-0.3, -0.25) is 9.67 Å². The zero-order valence-electron chi connectivity index (χ0n) is 8.94. The maximum Gasteiger partial charge on any atom is 0.0965 e. The standard InChI is InChI=1S/C11H14N4/c1-3-15-7-9(6-14-15)11-10(12)8(2)4-5-13-11/h4-7H,3,12H2,1-2H3. The Hall–Kier alpha value is -1.84. The van der Waals surface area contributed by atoms with Crippen LogP contribution >= 0.6 is 0 Å². The summed E-state index contributed by atoms with van der Waals surface area (Å²) in [4.78, 5) is 4.28. The molecule has 0 aliphatic rings. The van der Waals surface area contributed by atoms with Gasteiger partial charge in [-0.1, -0.05) is 0 Å². The molecular weight excluding hydrogens is 188 g/mol. The molecule has 0 spiro atoms. The second-order valence-electron chi connectivity index (χ2n) is 3.47. The number of anilines is 1. The third-order valence-electron chi connectivity index (χ3n) is 2.44. The molecule has 0 saturated carbocycles. The van der Waals surface area contributed by atoms with E-state index in [2.05, 4.69) is 10.1 Å². The van der Waals surface area contributed by atoms with Crippen LogP contribution in [0.15, 0.2) is 24.7 Å². The average Bonchev–Trinajstić information content (AvgIpc) is 2.70. The molecule has 2 aromatic heterocycles. The van der Waals surface area contributed by atoms with Gasteiger partial charge < -0.3 is 5.73 Å². The Morgan fingerprint density at radius 3 is 2.93 bits per heavy atom. The van der Waals surface area contributed by atoms with Crippen LogP contribution in [0.1, 0.15) is 12.5 Å². The van der Waals surface area contributed by atoms with Gasteiger partial charge in [-0.25, -0.2) is 0 Å². The Kier molecular flexibility index (Phi) is 2.41. The van der Waals surface area contributed by atoms with Crippen molar-refractivity contribution in [3.8, 4) is 11.3 Å². The Balaban J connectivity index is 2.49. The molecule has 0 aliphatic carbocycles. The van der Waals surface area contributed by atoms with Crippen molar-refractivity contribution in [2.45, 2.75) is 20.4 Å². The molecule has 0 bridgehead atoms. The van der Waals surface area contributed by atoms with Crippen LogP contribution in [0.2, 0.25) is 0 Å². The van der Waals surface area contributed by atoms with Crippen molar-refractivity contribution in [1.29, 1.82) is 0 Å². The Bertz CT molecular complexity index is 473. The van der Waals surface area contributed by atoms with E-state index in [1.807, 2.05) is 30.8 Å². The lowest BCUT2D eigenvalue weighted by molar-refractivity contribution is 0.660. The first-order valence-corrected chi connectivity index (χ1v) is 4.96. The van der Waals surface area contributed by atoms with E-state index in [-0.39, 0.29) is 0 Å². The fraction of sp³-hybridized carbons (Fsp3) is 0.273. The fourth-order valence-corrected chi connectivity index (χ4v) is 1.46. The van der Waals surface area contributed by atoms with Crippen molar-refractivity contribution in [2.24, 2.45) is 0 Å². The minimum Gasteiger partial charge on any atom is -0.397 e. The van der Waals surface area contributed by atoms with Gasteiger partial charge in [0, 0.05) is 24.5 Å². The molecule has 78 valence electrons. The van der Waals surface area contributed by atoms with Crippen molar-refractivity contribution in [2.75, 3.05) is 5.73 Å². The van der Waals surface area contributed by atoms with Gasteiger partial charge in [0.1, 0.15) is 0 Å². The van der Waals surface area contributed by atoms with E-state index in [0.29, 0.717) is 0 Å². The summed E-state index contributed by atoms with van der Waals surface area (Å²) in [5.41, 5.74) is 9.53. The summed E-state index contributed by atoms with van der Waals surface area (Å²) >= 11 is 0. The van der Waals surface area contributed by atoms with Gasteiger partial charge in [0.25, 0.3) is 0 Å². The van der Waals surface area contributed by atoms with E-state index in [0.717, 1.165) is 29.1 Å². The van der Waals surface area contributed by atoms with Crippen molar-refractivity contribution in [3.63, 3.8) is 0 Å². The lowest BCUT2D eigenvalue weighted by Crippen LogP contribution is -1.96. The normalized spacial score (nSPS) is 10.5. The van der Waals surface area contributed by atoms with Gasteiger partial charge in [0.05, 0.1) is 17.6 Å².